The molecule has 1 aromatic heterocycles. The maximum Gasteiger partial charge on any atom is 0.318 e. The van der Waals surface area contributed by atoms with Gasteiger partial charge >= 0.3 is 6.03 Å². The van der Waals surface area contributed by atoms with Crippen LogP contribution < -0.4 is 5.32 Å². The minimum Gasteiger partial charge on any atom is -0.379 e. The molecule has 11 nitrogen and oxygen atoms in total. The van der Waals surface area contributed by atoms with E-state index in [4.69, 9.17) is 4.74 Å². The number of benzene rings is 1. The Labute approximate surface area is 226 Å². The quantitative estimate of drug-likeness (QED) is 0.403. The largest absolute Gasteiger partial charge is 0.379 e. The normalized spacial score (nSPS) is 18.2. The molecule has 2 aromatic rings. The highest BCUT2D eigenvalue weighted by Crippen LogP contribution is 2.35. The van der Waals surface area contributed by atoms with Gasteiger partial charge in [0.25, 0.3) is 11.6 Å². The first-order valence-electron chi connectivity index (χ1n) is 12.7. The average molecular weight is 543 g/mol. The molecule has 1 N–H and O–H groups in total. The second-order valence-corrected chi connectivity index (χ2v) is 11.3. The monoisotopic (exact) mass is 542 g/mol. The van der Waals surface area contributed by atoms with Gasteiger partial charge in [0.15, 0.2) is 0 Å². The van der Waals surface area contributed by atoms with Crippen molar-refractivity contribution in [3.05, 3.63) is 62.3 Å². The smallest absolute Gasteiger partial charge is 0.318 e. The number of hydrogen-bond donors (Lipinski definition) is 1. The zero-order chi connectivity index (χ0) is 27.3. The molecule has 204 valence electrons. The molecule has 12 heteroatoms. The van der Waals surface area contributed by atoms with Crippen molar-refractivity contribution in [3.8, 4) is 0 Å². The van der Waals surface area contributed by atoms with Gasteiger partial charge in [-0.2, -0.15) is 5.10 Å². The van der Waals surface area contributed by atoms with E-state index in [0.717, 1.165) is 23.7 Å². The molecule has 1 aromatic carbocycles. The Kier molecular flexibility index (Phi) is 8.75. The molecule has 3 heterocycles. The molecule has 0 radical (unpaired) electrons. The first-order valence-corrected chi connectivity index (χ1v) is 13.5. The van der Waals surface area contributed by atoms with E-state index >= 15 is 0 Å². The van der Waals surface area contributed by atoms with Crippen LogP contribution in [0, 0.1) is 10.1 Å². The predicted octanol–water partition coefficient (Wildman–Crippen LogP) is 3.48. The number of hydrazone groups is 1. The Morgan fingerprint density at radius 2 is 2.00 bits per heavy atom. The molecule has 2 aliphatic rings. The van der Waals surface area contributed by atoms with Gasteiger partial charge in [0.2, 0.25) is 0 Å². The van der Waals surface area contributed by atoms with Gasteiger partial charge in [-0.15, -0.1) is 11.3 Å². The van der Waals surface area contributed by atoms with E-state index in [1.54, 1.807) is 12.1 Å². The Balaban J connectivity index is 1.57. The second-order valence-electron chi connectivity index (χ2n) is 10.4. The number of morpholine rings is 1. The van der Waals surface area contributed by atoms with Crippen LogP contribution >= 0.6 is 11.3 Å². The average Bonchev–Trinajstić information content (AvgIpc) is 3.56. The lowest BCUT2D eigenvalue weighted by Gasteiger charge is -2.32. The molecule has 1 fully saturated rings. The van der Waals surface area contributed by atoms with Crippen molar-refractivity contribution in [3.63, 3.8) is 0 Å². The lowest BCUT2D eigenvalue weighted by atomic mass is 10.0. The van der Waals surface area contributed by atoms with Crippen molar-refractivity contribution in [2.24, 2.45) is 5.10 Å². The van der Waals surface area contributed by atoms with Crippen LogP contribution in [-0.4, -0.2) is 88.9 Å². The van der Waals surface area contributed by atoms with Gasteiger partial charge in [0, 0.05) is 50.3 Å². The zero-order valence-electron chi connectivity index (χ0n) is 22.0. The van der Waals surface area contributed by atoms with Crippen LogP contribution in [0.2, 0.25) is 0 Å². The van der Waals surface area contributed by atoms with Crippen LogP contribution in [0.4, 0.5) is 10.5 Å². The highest BCUT2D eigenvalue weighted by Gasteiger charge is 2.35. The summed E-state index contributed by atoms with van der Waals surface area (Å²) >= 11 is 1.52. The number of thiophene rings is 1. The van der Waals surface area contributed by atoms with Crippen LogP contribution in [0.25, 0.3) is 0 Å². The second kappa shape index (κ2) is 12.0. The maximum absolute atomic E-state index is 13.7. The third-order valence-corrected chi connectivity index (χ3v) is 7.24. The van der Waals surface area contributed by atoms with Crippen molar-refractivity contribution in [1.82, 2.24) is 20.1 Å². The number of carbonyl (C=O) groups is 2. The number of nitrogens with one attached hydrogen (secondary N) is 1. The zero-order valence-corrected chi connectivity index (χ0v) is 22.8. The Bertz CT molecular complexity index is 1170. The van der Waals surface area contributed by atoms with Crippen LogP contribution in [-0.2, 0) is 9.53 Å². The van der Waals surface area contributed by atoms with Crippen molar-refractivity contribution < 1.29 is 19.2 Å². The number of carbonyl (C=O) groups excluding carboxylic acids is 2. The van der Waals surface area contributed by atoms with E-state index in [0.29, 0.717) is 38.3 Å². The van der Waals surface area contributed by atoms with Crippen LogP contribution in [0.1, 0.15) is 43.7 Å². The van der Waals surface area contributed by atoms with E-state index in [1.807, 2.05) is 38.3 Å². The van der Waals surface area contributed by atoms with Gasteiger partial charge in [0.05, 0.1) is 34.8 Å². The van der Waals surface area contributed by atoms with E-state index in [9.17, 15) is 19.7 Å². The number of ether oxygens (including phenoxy) is 1. The molecule has 0 bridgehead atoms. The third kappa shape index (κ3) is 7.15. The summed E-state index contributed by atoms with van der Waals surface area (Å²) in [5.41, 5.74) is 0.850. The number of nitro benzene ring substituents is 1. The van der Waals surface area contributed by atoms with Crippen molar-refractivity contribution >= 4 is 34.7 Å². The summed E-state index contributed by atoms with van der Waals surface area (Å²) in [4.78, 5) is 42.5. The van der Waals surface area contributed by atoms with Crippen molar-refractivity contribution in [2.75, 3.05) is 45.9 Å². The minimum absolute atomic E-state index is 0.0452. The van der Waals surface area contributed by atoms with Gasteiger partial charge in [-0.25, -0.2) is 9.80 Å². The first kappa shape index (κ1) is 27.7. The van der Waals surface area contributed by atoms with E-state index in [2.05, 4.69) is 15.3 Å². The molecule has 1 saturated heterocycles. The fourth-order valence-electron chi connectivity index (χ4n) is 4.41. The number of urea groups is 1. The van der Waals surface area contributed by atoms with E-state index < -0.39 is 16.5 Å². The van der Waals surface area contributed by atoms with Crippen LogP contribution in [0.15, 0.2) is 46.9 Å². The third-order valence-electron chi connectivity index (χ3n) is 6.32. The summed E-state index contributed by atoms with van der Waals surface area (Å²) in [5, 5.41) is 22.4. The molecule has 0 spiro atoms. The molecule has 2 aliphatic heterocycles. The number of non-ortho nitro benzene ring substituents is 1. The fraction of sp³-hybridized carbons (Fsp3) is 0.500. The topological polar surface area (TPSA) is 121 Å². The Morgan fingerprint density at radius 3 is 2.66 bits per heavy atom. The lowest BCUT2D eigenvalue weighted by Crippen LogP contribution is -2.53. The summed E-state index contributed by atoms with van der Waals surface area (Å²) in [6, 6.07) is 9.32. The molecule has 0 saturated carbocycles. The minimum atomic E-state index is -0.508. The van der Waals surface area contributed by atoms with Crippen LogP contribution in [0.3, 0.4) is 0 Å². The van der Waals surface area contributed by atoms with Gasteiger partial charge in [-0.1, -0.05) is 18.2 Å². The molecule has 0 aliphatic carbocycles. The molecular formula is C26H34N6O5S. The molecular weight excluding hydrogens is 508 g/mol. The summed E-state index contributed by atoms with van der Waals surface area (Å²) in [5.74, 6) is -0.348. The van der Waals surface area contributed by atoms with Crippen LogP contribution in [0.5, 0.6) is 0 Å². The van der Waals surface area contributed by atoms with Gasteiger partial charge in [-0.05, 0) is 37.8 Å². The standard InChI is InChI=1S/C26H34N6O5S/c1-26(2,3)27-25(34)30(10-9-29-11-13-37-14-12-29)18-24(33)31-22(17-21(28-31)23-8-5-15-38-23)19-6-4-7-20(16-19)32(35)36/h4-8,15-16,22H,9-14,17-18H2,1-3H3,(H,27,34)/t22-/m1/s1. The van der Waals surface area contributed by atoms with Gasteiger partial charge in [0.1, 0.15) is 6.54 Å². The fourth-order valence-corrected chi connectivity index (χ4v) is 5.13. The molecule has 0 unspecified atom stereocenters. The maximum atomic E-state index is 13.7. The number of nitrogens with zero attached hydrogens (tertiary/aromatic N) is 5. The molecule has 4 rings (SSSR count). The molecule has 1 atom stereocenters. The van der Waals surface area contributed by atoms with E-state index in [1.165, 1.54) is 33.4 Å². The lowest BCUT2D eigenvalue weighted by molar-refractivity contribution is -0.385. The Hall–Kier alpha value is -3.35. The number of amides is 3. The predicted molar refractivity (Wildman–Crippen MR) is 145 cm³/mol. The number of hydrogen-bond acceptors (Lipinski definition) is 8. The highest BCUT2D eigenvalue weighted by atomic mass is 32.1. The Morgan fingerprint density at radius 1 is 1.24 bits per heavy atom. The number of rotatable bonds is 8. The molecule has 38 heavy (non-hydrogen) atoms. The summed E-state index contributed by atoms with van der Waals surface area (Å²) in [6.07, 6.45) is 0.426. The SMILES string of the molecule is CC(C)(C)NC(=O)N(CCN1CCOCC1)CC(=O)N1N=C(c2cccs2)C[C@@H]1c1cccc([N+](=O)[O-])c1. The van der Waals surface area contributed by atoms with Crippen molar-refractivity contribution in [1.29, 1.82) is 0 Å². The number of nitro groups is 1. The summed E-state index contributed by atoms with van der Waals surface area (Å²) in [6.45, 7) is 9.33. The van der Waals surface area contributed by atoms with E-state index in [-0.39, 0.29) is 24.2 Å². The van der Waals surface area contributed by atoms with Gasteiger partial charge in [-0.3, -0.25) is 19.8 Å². The van der Waals surface area contributed by atoms with Crippen molar-refractivity contribution in [2.45, 2.75) is 38.8 Å². The molecule has 3 amide bonds. The highest BCUT2D eigenvalue weighted by molar-refractivity contribution is 7.12. The van der Waals surface area contributed by atoms with Gasteiger partial charge < -0.3 is 15.0 Å². The first-order chi connectivity index (χ1) is 18.1. The summed E-state index contributed by atoms with van der Waals surface area (Å²) in [7, 11) is 0. The summed E-state index contributed by atoms with van der Waals surface area (Å²) < 4.78 is 5.42.